The number of carbonyl (C=O) groups is 2. The van der Waals surface area contributed by atoms with E-state index in [9.17, 15) is 9.59 Å². The molecule has 1 atom stereocenters. The number of benzene rings is 2. The van der Waals surface area contributed by atoms with Gasteiger partial charge in [-0.2, -0.15) is 0 Å². The molecule has 0 saturated carbocycles. The Morgan fingerprint density at radius 3 is 2.00 bits per heavy atom. The van der Waals surface area contributed by atoms with E-state index in [0.717, 1.165) is 11.1 Å². The number of carbonyl (C=O) groups excluding carboxylic acids is 2. The molecule has 3 rings (SSSR count). The summed E-state index contributed by atoms with van der Waals surface area (Å²) in [6, 6.07) is 20.9. The minimum atomic E-state index is -0.929. The van der Waals surface area contributed by atoms with Crippen molar-refractivity contribution in [1.29, 1.82) is 0 Å². The van der Waals surface area contributed by atoms with E-state index in [-0.39, 0.29) is 11.6 Å². The molecular formula is C22H21ClN2O3. The fourth-order valence-corrected chi connectivity index (χ4v) is 3.00. The van der Waals surface area contributed by atoms with Gasteiger partial charge in [-0.05, 0) is 24.1 Å². The number of hydrogen-bond acceptors (Lipinski definition) is 3. The Labute approximate surface area is 168 Å². The molecule has 0 saturated heterocycles. The quantitative estimate of drug-likeness (QED) is 0.600. The van der Waals surface area contributed by atoms with E-state index >= 15 is 0 Å². The number of aromatic nitrogens is 1. The zero-order chi connectivity index (χ0) is 19.9. The third kappa shape index (κ3) is 5.24. The lowest BCUT2D eigenvalue weighted by Crippen LogP contribution is -2.39. The minimum absolute atomic E-state index is 0.210. The molecule has 0 fully saturated rings. The lowest BCUT2D eigenvalue weighted by molar-refractivity contribution is -0.141. The van der Waals surface area contributed by atoms with Crippen LogP contribution in [0.4, 0.5) is 0 Å². The van der Waals surface area contributed by atoms with E-state index in [4.69, 9.17) is 16.3 Å². The fraction of sp³-hybridized carbons (Fsp3) is 0.182. The summed E-state index contributed by atoms with van der Waals surface area (Å²) in [5.41, 5.74) is 2.21. The van der Waals surface area contributed by atoms with Crippen LogP contribution in [0.15, 0.2) is 72.9 Å². The number of ether oxygens (including phenoxy) is 1. The second kappa shape index (κ2) is 9.24. The first-order chi connectivity index (χ1) is 13.5. The van der Waals surface area contributed by atoms with Gasteiger partial charge in [-0.1, -0.05) is 72.3 Å². The molecule has 0 radical (unpaired) electrons. The highest BCUT2D eigenvalue weighted by molar-refractivity contribution is 6.30. The topological polar surface area (TPSA) is 62.4 Å². The van der Waals surface area contributed by atoms with Gasteiger partial charge < -0.3 is 14.6 Å². The van der Waals surface area contributed by atoms with Crippen LogP contribution in [0.2, 0.25) is 5.02 Å². The summed E-state index contributed by atoms with van der Waals surface area (Å²) < 4.78 is 5.35. The maximum Gasteiger partial charge on any atom is 0.355 e. The molecule has 0 unspecified atom stereocenters. The van der Waals surface area contributed by atoms with Crippen molar-refractivity contribution in [3.63, 3.8) is 0 Å². The van der Waals surface area contributed by atoms with Crippen LogP contribution < -0.4 is 0 Å². The van der Waals surface area contributed by atoms with Gasteiger partial charge in [0.05, 0.1) is 5.02 Å². The lowest BCUT2D eigenvalue weighted by atomic mass is 10.1. The Morgan fingerprint density at radius 2 is 1.54 bits per heavy atom. The van der Waals surface area contributed by atoms with Crippen LogP contribution >= 0.6 is 11.6 Å². The van der Waals surface area contributed by atoms with E-state index in [1.54, 1.807) is 11.8 Å². The van der Waals surface area contributed by atoms with Crippen molar-refractivity contribution in [2.24, 2.45) is 0 Å². The van der Waals surface area contributed by atoms with Crippen LogP contribution in [0.3, 0.4) is 0 Å². The molecule has 0 bridgehead atoms. The fourth-order valence-electron chi connectivity index (χ4n) is 2.84. The highest BCUT2D eigenvalue weighted by Crippen LogP contribution is 2.15. The molecule has 0 spiro atoms. The van der Waals surface area contributed by atoms with Crippen molar-refractivity contribution in [2.75, 3.05) is 0 Å². The third-order valence-electron chi connectivity index (χ3n) is 4.24. The maximum atomic E-state index is 13.0. The van der Waals surface area contributed by atoms with E-state index < -0.39 is 12.1 Å². The van der Waals surface area contributed by atoms with Crippen LogP contribution in [-0.4, -0.2) is 27.9 Å². The number of esters is 1. The van der Waals surface area contributed by atoms with Gasteiger partial charge >= 0.3 is 5.97 Å². The van der Waals surface area contributed by atoms with E-state index in [0.29, 0.717) is 18.1 Å². The van der Waals surface area contributed by atoms with Crippen LogP contribution in [0.1, 0.15) is 28.5 Å². The number of rotatable bonds is 7. The number of amides is 1. The smallest absolute Gasteiger partial charge is 0.355 e. The Hall–Kier alpha value is -3.05. The molecule has 0 aliphatic heterocycles. The predicted octanol–water partition coefficient (Wildman–Crippen LogP) is 4.44. The molecule has 0 aliphatic rings. The van der Waals surface area contributed by atoms with Crippen molar-refractivity contribution >= 4 is 23.5 Å². The maximum absolute atomic E-state index is 13.0. The SMILES string of the molecule is C[C@@H](OC(=O)c1cc(Cl)c[nH]1)C(=O)N(Cc1ccccc1)Cc1ccccc1. The molecule has 1 aromatic heterocycles. The average Bonchev–Trinajstić information content (AvgIpc) is 3.15. The van der Waals surface area contributed by atoms with Gasteiger partial charge in [0.1, 0.15) is 5.69 Å². The van der Waals surface area contributed by atoms with Crippen LogP contribution in [-0.2, 0) is 22.6 Å². The molecule has 2 aromatic carbocycles. The first-order valence-corrected chi connectivity index (χ1v) is 9.32. The largest absolute Gasteiger partial charge is 0.448 e. The lowest BCUT2D eigenvalue weighted by Gasteiger charge is -2.26. The third-order valence-corrected chi connectivity index (χ3v) is 4.46. The van der Waals surface area contributed by atoms with Crippen LogP contribution in [0.5, 0.6) is 0 Å². The highest BCUT2D eigenvalue weighted by atomic mass is 35.5. The molecule has 5 nitrogen and oxygen atoms in total. The molecule has 144 valence electrons. The Morgan fingerprint density at radius 1 is 1.00 bits per heavy atom. The minimum Gasteiger partial charge on any atom is -0.448 e. The van der Waals surface area contributed by atoms with Gasteiger partial charge in [0.15, 0.2) is 6.10 Å². The summed E-state index contributed by atoms with van der Waals surface area (Å²) in [5, 5.41) is 0.403. The number of hydrogen-bond donors (Lipinski definition) is 1. The molecule has 6 heteroatoms. The number of nitrogens with one attached hydrogen (secondary N) is 1. The van der Waals surface area contributed by atoms with Gasteiger partial charge in [-0.15, -0.1) is 0 Å². The molecule has 28 heavy (non-hydrogen) atoms. The second-order valence-corrected chi connectivity index (χ2v) is 6.88. The van der Waals surface area contributed by atoms with Gasteiger partial charge in [-0.3, -0.25) is 4.79 Å². The summed E-state index contributed by atoms with van der Waals surface area (Å²) in [4.78, 5) is 29.7. The normalized spacial score (nSPS) is 11.6. The molecule has 3 aromatic rings. The molecule has 1 heterocycles. The monoisotopic (exact) mass is 396 g/mol. The standard InChI is InChI=1S/C22H21ClN2O3/c1-16(28-22(27)20-12-19(23)13-24-20)21(26)25(14-17-8-4-2-5-9-17)15-18-10-6-3-7-11-18/h2-13,16,24H,14-15H2,1H3/t16-/m1/s1. The zero-order valence-electron chi connectivity index (χ0n) is 15.5. The summed E-state index contributed by atoms with van der Waals surface area (Å²) >= 11 is 5.82. The summed E-state index contributed by atoms with van der Waals surface area (Å²) in [7, 11) is 0. The predicted molar refractivity (Wildman–Crippen MR) is 108 cm³/mol. The van der Waals surface area contributed by atoms with Gasteiger partial charge in [-0.25, -0.2) is 4.79 Å². The van der Waals surface area contributed by atoms with E-state index in [2.05, 4.69) is 4.98 Å². The van der Waals surface area contributed by atoms with Crippen molar-refractivity contribution in [3.05, 3.63) is 94.8 Å². The van der Waals surface area contributed by atoms with Crippen molar-refractivity contribution < 1.29 is 14.3 Å². The first kappa shape index (κ1) is 19.7. The molecule has 1 amide bonds. The van der Waals surface area contributed by atoms with Gasteiger partial charge in [0.25, 0.3) is 5.91 Å². The summed E-state index contributed by atoms with van der Waals surface area (Å²) in [5.74, 6) is -0.883. The average molecular weight is 397 g/mol. The van der Waals surface area contributed by atoms with Gasteiger partial charge in [0.2, 0.25) is 0 Å². The van der Waals surface area contributed by atoms with E-state index in [1.165, 1.54) is 12.3 Å². The van der Waals surface area contributed by atoms with Gasteiger partial charge in [0, 0.05) is 19.3 Å². The number of halogens is 1. The Balaban J connectivity index is 1.73. The number of aromatic amines is 1. The summed E-state index contributed by atoms with van der Waals surface area (Å²) in [6.07, 6.45) is 0.559. The number of nitrogens with zero attached hydrogens (tertiary/aromatic N) is 1. The van der Waals surface area contributed by atoms with Crippen LogP contribution in [0, 0.1) is 0 Å². The highest BCUT2D eigenvalue weighted by Gasteiger charge is 2.25. The second-order valence-electron chi connectivity index (χ2n) is 6.44. The van der Waals surface area contributed by atoms with Crippen molar-refractivity contribution in [1.82, 2.24) is 9.88 Å². The van der Waals surface area contributed by atoms with Crippen molar-refractivity contribution in [2.45, 2.75) is 26.1 Å². The Kier molecular flexibility index (Phi) is 6.50. The molecular weight excluding hydrogens is 376 g/mol. The van der Waals surface area contributed by atoms with E-state index in [1.807, 2.05) is 60.7 Å². The van der Waals surface area contributed by atoms with Crippen molar-refractivity contribution in [3.8, 4) is 0 Å². The zero-order valence-corrected chi connectivity index (χ0v) is 16.2. The first-order valence-electron chi connectivity index (χ1n) is 8.94. The summed E-state index contributed by atoms with van der Waals surface area (Å²) in [6.45, 7) is 2.42. The molecule has 1 N–H and O–H groups in total. The molecule has 0 aliphatic carbocycles. The Bertz CT molecular complexity index is 884. The van der Waals surface area contributed by atoms with Crippen LogP contribution in [0.25, 0.3) is 0 Å². The number of H-pyrrole nitrogens is 1.